The second-order valence-electron chi connectivity index (χ2n) is 16.1. The van der Waals surface area contributed by atoms with Crippen LogP contribution in [-0.2, 0) is 19.3 Å². The molecule has 0 saturated carbocycles. The van der Waals surface area contributed by atoms with Crippen molar-refractivity contribution in [1.29, 1.82) is 0 Å². The smallest absolute Gasteiger partial charge is 0.252 e. The molecule has 0 unspecified atom stereocenters. The standard InChI is InChI=1S/C54H53BN2/c1-4-7-17-39-26-30-46(31-27-39)56-50-32-28-40(18-8-5-2)34-48(50)55-49-35-41(19-9-6-3)29-33-51(49)57(53-25-16-24-52(56)54(53)55)47-37-44(42-20-12-10-13-21-42)36-45(38-47)43-22-14-11-15-23-43/h10-16,20-38H,4-9,17-19H2,1-3H3. The van der Waals surface area contributed by atoms with Gasteiger partial charge in [-0.05, 0) is 148 Å². The molecule has 0 aromatic heterocycles. The zero-order valence-electron chi connectivity index (χ0n) is 33.8. The van der Waals surface area contributed by atoms with Gasteiger partial charge in [0, 0.05) is 34.1 Å². The number of hydrogen-bond acceptors (Lipinski definition) is 2. The number of hydrogen-bond donors (Lipinski definition) is 0. The van der Waals surface area contributed by atoms with Gasteiger partial charge in [-0.25, -0.2) is 0 Å². The van der Waals surface area contributed by atoms with Crippen LogP contribution in [0, 0.1) is 0 Å². The lowest BCUT2D eigenvalue weighted by Crippen LogP contribution is -2.61. The lowest BCUT2D eigenvalue weighted by atomic mass is 9.33. The quantitative estimate of drug-likeness (QED) is 0.109. The number of fused-ring (bicyclic) bond motifs is 4. The first-order chi connectivity index (χ1) is 28.1. The Labute approximate surface area is 340 Å². The number of rotatable bonds is 13. The molecule has 0 spiro atoms. The van der Waals surface area contributed by atoms with Gasteiger partial charge in [-0.1, -0.05) is 143 Å². The number of unbranched alkanes of at least 4 members (excludes halogenated alkanes) is 3. The number of benzene rings is 7. The fraction of sp³-hybridized carbons (Fsp3) is 0.222. The minimum absolute atomic E-state index is 0.117. The summed E-state index contributed by atoms with van der Waals surface area (Å²) in [6, 6.07) is 60.1. The van der Waals surface area contributed by atoms with Crippen molar-refractivity contribution in [2.24, 2.45) is 0 Å². The van der Waals surface area contributed by atoms with Gasteiger partial charge in [-0.3, -0.25) is 0 Å². The van der Waals surface area contributed by atoms with Gasteiger partial charge in [-0.15, -0.1) is 0 Å². The average Bonchev–Trinajstić information content (AvgIpc) is 3.27. The lowest BCUT2D eigenvalue weighted by Gasteiger charge is -2.44. The van der Waals surface area contributed by atoms with Crippen molar-refractivity contribution in [3.8, 4) is 22.3 Å². The summed E-state index contributed by atoms with van der Waals surface area (Å²) in [5.41, 5.74) is 20.8. The molecule has 3 heteroatoms. The van der Waals surface area contributed by atoms with Gasteiger partial charge >= 0.3 is 0 Å². The second-order valence-corrected chi connectivity index (χ2v) is 16.1. The largest absolute Gasteiger partial charge is 0.311 e. The zero-order chi connectivity index (χ0) is 38.7. The maximum Gasteiger partial charge on any atom is 0.252 e. The van der Waals surface area contributed by atoms with Crippen molar-refractivity contribution in [3.63, 3.8) is 0 Å². The molecule has 57 heavy (non-hydrogen) atoms. The highest BCUT2D eigenvalue weighted by Crippen LogP contribution is 2.45. The summed E-state index contributed by atoms with van der Waals surface area (Å²) >= 11 is 0. The molecule has 0 N–H and O–H groups in total. The molecule has 2 nitrogen and oxygen atoms in total. The van der Waals surface area contributed by atoms with Crippen LogP contribution in [0.2, 0.25) is 0 Å². The van der Waals surface area contributed by atoms with Crippen LogP contribution in [0.25, 0.3) is 22.3 Å². The van der Waals surface area contributed by atoms with E-state index in [2.05, 4.69) is 188 Å². The van der Waals surface area contributed by atoms with E-state index >= 15 is 0 Å². The molecule has 0 radical (unpaired) electrons. The van der Waals surface area contributed by atoms with Gasteiger partial charge in [0.2, 0.25) is 0 Å². The molecule has 0 fully saturated rings. The molecular formula is C54H53BN2. The van der Waals surface area contributed by atoms with Crippen LogP contribution in [0.4, 0.5) is 34.1 Å². The third-order valence-electron chi connectivity index (χ3n) is 12.2. The van der Waals surface area contributed by atoms with E-state index in [1.54, 1.807) is 0 Å². The fourth-order valence-electron chi connectivity index (χ4n) is 9.20. The third-order valence-corrected chi connectivity index (χ3v) is 12.2. The molecule has 9 rings (SSSR count). The molecule has 7 aromatic rings. The van der Waals surface area contributed by atoms with Crippen molar-refractivity contribution in [3.05, 3.63) is 174 Å². The van der Waals surface area contributed by atoms with E-state index in [9.17, 15) is 0 Å². The molecule has 0 bridgehead atoms. The van der Waals surface area contributed by atoms with Crippen LogP contribution in [0.1, 0.15) is 76.0 Å². The first-order valence-electron chi connectivity index (χ1n) is 21.5. The Morgan fingerprint density at radius 3 is 1.32 bits per heavy atom. The van der Waals surface area contributed by atoms with Crippen LogP contribution in [0.15, 0.2) is 158 Å². The number of aryl methyl sites for hydroxylation is 3. The summed E-state index contributed by atoms with van der Waals surface area (Å²) in [5.74, 6) is 0. The minimum Gasteiger partial charge on any atom is -0.311 e. The Kier molecular flexibility index (Phi) is 10.6. The van der Waals surface area contributed by atoms with Crippen molar-refractivity contribution >= 4 is 57.2 Å². The molecule has 2 aliphatic rings. The molecule has 0 aliphatic carbocycles. The van der Waals surface area contributed by atoms with Gasteiger partial charge in [0.15, 0.2) is 0 Å². The Bertz CT molecular complexity index is 2430. The summed E-state index contributed by atoms with van der Waals surface area (Å²) in [4.78, 5) is 5.13. The van der Waals surface area contributed by atoms with E-state index in [4.69, 9.17) is 0 Å². The maximum atomic E-state index is 2.57. The summed E-state index contributed by atoms with van der Waals surface area (Å²) in [6.07, 6.45) is 10.5. The van der Waals surface area contributed by atoms with E-state index in [1.165, 1.54) is 128 Å². The molecule has 282 valence electrons. The Hall–Kier alpha value is -5.80. The minimum atomic E-state index is 0.117. The van der Waals surface area contributed by atoms with E-state index in [-0.39, 0.29) is 6.71 Å². The van der Waals surface area contributed by atoms with E-state index in [0.29, 0.717) is 0 Å². The SMILES string of the molecule is CCCCc1ccc(N2c3ccc(CCCC)cc3B3c4cc(CCCC)ccc4N(c4cc(-c5ccccc5)cc(-c5ccccc5)c4)c4cccc2c43)cc1. The Morgan fingerprint density at radius 2 is 0.825 bits per heavy atom. The molecular weight excluding hydrogens is 687 g/mol. The lowest BCUT2D eigenvalue weighted by molar-refractivity contribution is 0.795. The Balaban J connectivity index is 1.30. The zero-order valence-corrected chi connectivity index (χ0v) is 33.8. The average molecular weight is 741 g/mol. The number of nitrogens with zero attached hydrogens (tertiary/aromatic N) is 2. The molecule has 2 heterocycles. The summed E-state index contributed by atoms with van der Waals surface area (Å²) in [7, 11) is 0. The molecule has 0 amide bonds. The molecule has 0 saturated heterocycles. The molecule has 2 aliphatic heterocycles. The highest BCUT2D eigenvalue weighted by atomic mass is 15.2. The van der Waals surface area contributed by atoms with Crippen molar-refractivity contribution in [2.75, 3.05) is 9.80 Å². The predicted octanol–water partition coefficient (Wildman–Crippen LogP) is 13.1. The van der Waals surface area contributed by atoms with Crippen LogP contribution in [0.5, 0.6) is 0 Å². The normalized spacial score (nSPS) is 12.6. The van der Waals surface area contributed by atoms with E-state index in [0.717, 1.165) is 19.3 Å². The predicted molar refractivity (Wildman–Crippen MR) is 247 cm³/mol. The second kappa shape index (κ2) is 16.4. The van der Waals surface area contributed by atoms with E-state index < -0.39 is 0 Å². The van der Waals surface area contributed by atoms with Crippen molar-refractivity contribution < 1.29 is 0 Å². The van der Waals surface area contributed by atoms with Crippen molar-refractivity contribution in [2.45, 2.75) is 78.6 Å². The summed E-state index contributed by atoms with van der Waals surface area (Å²) < 4.78 is 0. The molecule has 7 aromatic carbocycles. The highest BCUT2D eigenvalue weighted by Gasteiger charge is 2.43. The highest BCUT2D eigenvalue weighted by molar-refractivity contribution is 7.00. The van der Waals surface area contributed by atoms with Gasteiger partial charge in [-0.2, -0.15) is 0 Å². The summed E-state index contributed by atoms with van der Waals surface area (Å²) in [6.45, 7) is 6.99. The van der Waals surface area contributed by atoms with Gasteiger partial charge in [0.05, 0.1) is 0 Å². The van der Waals surface area contributed by atoms with E-state index in [1.807, 2.05) is 0 Å². The van der Waals surface area contributed by atoms with Gasteiger partial charge in [0.25, 0.3) is 6.71 Å². The fourth-order valence-corrected chi connectivity index (χ4v) is 9.20. The maximum absolute atomic E-state index is 2.57. The van der Waals surface area contributed by atoms with Crippen LogP contribution < -0.4 is 26.2 Å². The number of anilines is 6. The third kappa shape index (κ3) is 7.10. The monoisotopic (exact) mass is 740 g/mol. The Morgan fingerprint density at radius 1 is 0.368 bits per heavy atom. The topological polar surface area (TPSA) is 6.48 Å². The summed E-state index contributed by atoms with van der Waals surface area (Å²) in [5, 5.41) is 0. The first kappa shape index (κ1) is 36.8. The van der Waals surface area contributed by atoms with Crippen LogP contribution in [-0.4, -0.2) is 6.71 Å². The molecule has 0 atom stereocenters. The van der Waals surface area contributed by atoms with Crippen molar-refractivity contribution in [1.82, 2.24) is 0 Å². The van der Waals surface area contributed by atoms with Crippen LogP contribution in [0.3, 0.4) is 0 Å². The first-order valence-corrected chi connectivity index (χ1v) is 21.5. The van der Waals surface area contributed by atoms with Gasteiger partial charge in [0.1, 0.15) is 0 Å². The van der Waals surface area contributed by atoms with Crippen LogP contribution >= 0.6 is 0 Å². The van der Waals surface area contributed by atoms with Gasteiger partial charge < -0.3 is 9.80 Å².